The van der Waals surface area contributed by atoms with E-state index in [4.69, 9.17) is 17.7 Å². The Morgan fingerprint density at radius 1 is 0.312 bits per heavy atom. The number of aromatic hydroxyl groups is 12. The zero-order chi connectivity index (χ0) is 45.8. The average molecular weight is 875 g/mol. The Kier molecular flexibility index (Phi) is 8.78. The largest absolute Gasteiger partial charge is 0.508 e. The molecule has 0 saturated heterocycles. The molecule has 9 rings (SSSR count). The average Bonchev–Trinajstić information content (AvgIpc) is 3.18. The topological polar surface area (TPSA) is 364 Å². The third-order valence-electron chi connectivity index (χ3n) is 10.7. The van der Waals surface area contributed by atoms with Crippen molar-refractivity contribution in [1.29, 1.82) is 0 Å². The maximum absolute atomic E-state index is 13.9. The normalized spacial score (nSPS) is 11.8. The summed E-state index contributed by atoms with van der Waals surface area (Å²) in [6.07, 6.45) is 0. The van der Waals surface area contributed by atoms with Gasteiger partial charge in [0.25, 0.3) is 0 Å². The summed E-state index contributed by atoms with van der Waals surface area (Å²) in [7, 11) is 0. The van der Waals surface area contributed by atoms with E-state index in [1.165, 1.54) is 0 Å². The first-order chi connectivity index (χ1) is 30.3. The van der Waals surface area contributed by atoms with Gasteiger partial charge in [-0.05, 0) is 11.1 Å². The first-order valence-electron chi connectivity index (χ1n) is 18.3. The highest BCUT2D eigenvalue weighted by molar-refractivity contribution is 5.95. The fourth-order valence-electron chi connectivity index (χ4n) is 8.02. The number of fused-ring (bicyclic) bond motifs is 4. The van der Waals surface area contributed by atoms with Crippen LogP contribution >= 0.6 is 0 Å². The predicted octanol–water partition coefficient (Wildman–Crippen LogP) is 4.94. The molecule has 0 saturated carbocycles. The molecule has 5 aromatic carbocycles. The van der Waals surface area contributed by atoms with E-state index in [1.54, 1.807) is 0 Å². The van der Waals surface area contributed by atoms with Gasteiger partial charge in [0.2, 0.25) is 0 Å². The van der Waals surface area contributed by atoms with Crippen LogP contribution in [0.25, 0.3) is 43.9 Å². The third kappa shape index (κ3) is 6.00. The lowest BCUT2D eigenvalue weighted by atomic mass is 9.81. The molecule has 0 radical (unpaired) electrons. The van der Waals surface area contributed by atoms with Crippen LogP contribution in [-0.2, 0) is 0 Å². The van der Waals surface area contributed by atoms with Crippen molar-refractivity contribution in [2.75, 3.05) is 0 Å². The van der Waals surface area contributed by atoms with Crippen LogP contribution in [0.5, 0.6) is 69.0 Å². The number of hydrogen-bond donors (Lipinski definition) is 12. The summed E-state index contributed by atoms with van der Waals surface area (Å²) in [4.78, 5) is 55.5. The number of benzene rings is 5. The molecule has 0 bridgehead atoms. The molecule has 20 nitrogen and oxygen atoms in total. The smallest absolute Gasteiger partial charge is 0.344 e. The summed E-state index contributed by atoms with van der Waals surface area (Å²) < 4.78 is 21.4. The minimum absolute atomic E-state index is 0.228. The maximum Gasteiger partial charge on any atom is 0.344 e. The number of phenols is 8. The Morgan fingerprint density at radius 2 is 0.516 bits per heavy atom. The lowest BCUT2D eigenvalue weighted by Gasteiger charge is -2.22. The van der Waals surface area contributed by atoms with Crippen LogP contribution in [0.2, 0.25) is 0 Å². The molecule has 0 fully saturated rings. The van der Waals surface area contributed by atoms with Gasteiger partial charge in [-0.2, -0.15) is 0 Å². The molecule has 0 amide bonds. The first kappa shape index (κ1) is 40.0. The quantitative estimate of drug-likeness (QED) is 0.0984. The molecule has 0 unspecified atom stereocenters. The zero-order valence-electron chi connectivity index (χ0n) is 31.7. The molecule has 0 aliphatic rings. The zero-order valence-corrected chi connectivity index (χ0v) is 31.7. The molecule has 9 aromatic rings. The standard InChI is InChI=1S/C44H26O20/c45-15-5-19(49)29-23(9-15)61-41(57)33(37(29)53)27(34-38(54)30-20(50)6-16(46)10-24(30)62-42(34)58)13-1-2-14(4-3-13)28(35-39(55)31-21(51)7-17(47)11-25(31)63-43(35)59)36-40(56)32-22(52)8-18(48)12-26(32)64-44(36)60/h1-12,27-28,45-56H. The molecule has 0 spiro atoms. The highest BCUT2D eigenvalue weighted by atomic mass is 16.4. The van der Waals surface area contributed by atoms with Gasteiger partial charge in [0.05, 0.1) is 34.1 Å². The number of hydrogen-bond acceptors (Lipinski definition) is 20. The SMILES string of the molecule is O=c1oc2cc(O)cc(O)c2c(O)c1C(c1ccc(C(c2c(O)c3c(O)cc(O)cc3oc2=O)c2c(O)c3c(O)cc(O)cc3oc2=O)cc1)c1c(O)c2c(O)cc(O)cc2oc1=O. The molecule has 4 aromatic heterocycles. The van der Waals surface area contributed by atoms with Gasteiger partial charge in [0.1, 0.15) is 113 Å². The summed E-state index contributed by atoms with van der Waals surface area (Å²) in [5, 5.41) is 128. The maximum atomic E-state index is 13.9. The number of phenolic OH excluding ortho intramolecular Hbond substituents is 8. The highest BCUT2D eigenvalue weighted by Gasteiger charge is 2.37. The van der Waals surface area contributed by atoms with Crippen molar-refractivity contribution < 1.29 is 78.9 Å². The Labute approximate surface area is 351 Å². The summed E-state index contributed by atoms with van der Waals surface area (Å²) in [5.74, 6) is -13.6. The molecule has 12 N–H and O–H groups in total. The Bertz CT molecular complexity index is 3280. The lowest BCUT2D eigenvalue weighted by Crippen LogP contribution is -2.22. The van der Waals surface area contributed by atoms with Crippen molar-refractivity contribution in [2.45, 2.75) is 11.8 Å². The molecular weight excluding hydrogens is 848 g/mol. The Morgan fingerprint density at radius 3 is 0.719 bits per heavy atom. The van der Waals surface area contributed by atoms with Gasteiger partial charge in [-0.25, -0.2) is 19.2 Å². The van der Waals surface area contributed by atoms with E-state index in [9.17, 15) is 80.5 Å². The summed E-state index contributed by atoms with van der Waals surface area (Å²) in [6, 6.07) is 11.2. The Balaban J connectivity index is 1.35. The van der Waals surface area contributed by atoms with Gasteiger partial charge >= 0.3 is 22.5 Å². The minimum Gasteiger partial charge on any atom is -0.508 e. The molecule has 64 heavy (non-hydrogen) atoms. The second-order valence-corrected chi connectivity index (χ2v) is 14.5. The molecule has 322 valence electrons. The van der Waals surface area contributed by atoms with Crippen molar-refractivity contribution in [1.82, 2.24) is 0 Å². The lowest BCUT2D eigenvalue weighted by molar-refractivity contribution is 0.424. The van der Waals surface area contributed by atoms with Crippen LogP contribution in [0.4, 0.5) is 0 Å². The van der Waals surface area contributed by atoms with E-state index in [0.717, 1.165) is 72.8 Å². The molecule has 0 aliphatic heterocycles. The third-order valence-corrected chi connectivity index (χ3v) is 10.7. The Hall–Kier alpha value is -9.46. The van der Waals surface area contributed by atoms with E-state index in [0.29, 0.717) is 0 Å². The monoisotopic (exact) mass is 874 g/mol. The van der Waals surface area contributed by atoms with Crippen molar-refractivity contribution in [3.63, 3.8) is 0 Å². The summed E-state index contributed by atoms with van der Waals surface area (Å²) >= 11 is 0. The van der Waals surface area contributed by atoms with Crippen LogP contribution in [0.15, 0.2) is 110 Å². The van der Waals surface area contributed by atoms with Crippen LogP contribution < -0.4 is 22.5 Å². The predicted molar refractivity (Wildman–Crippen MR) is 218 cm³/mol. The second kappa shape index (κ2) is 14.1. The van der Waals surface area contributed by atoms with Crippen molar-refractivity contribution in [2.24, 2.45) is 0 Å². The van der Waals surface area contributed by atoms with E-state index in [-0.39, 0.29) is 11.1 Å². The number of rotatable bonds is 6. The van der Waals surface area contributed by atoms with Crippen molar-refractivity contribution in [3.8, 4) is 69.0 Å². The highest BCUT2D eigenvalue weighted by Crippen LogP contribution is 2.49. The van der Waals surface area contributed by atoms with E-state index in [2.05, 4.69) is 0 Å². The van der Waals surface area contributed by atoms with E-state index in [1.807, 2.05) is 0 Å². The first-order valence-corrected chi connectivity index (χ1v) is 18.3. The van der Waals surface area contributed by atoms with Crippen LogP contribution in [-0.4, -0.2) is 61.3 Å². The second-order valence-electron chi connectivity index (χ2n) is 14.5. The molecule has 20 heteroatoms. The van der Waals surface area contributed by atoms with Gasteiger partial charge in [-0.15, -0.1) is 0 Å². The van der Waals surface area contributed by atoms with Crippen LogP contribution in [0.3, 0.4) is 0 Å². The van der Waals surface area contributed by atoms with E-state index >= 15 is 0 Å². The summed E-state index contributed by atoms with van der Waals surface area (Å²) in [6.45, 7) is 0. The fraction of sp³-hybridized carbons (Fsp3) is 0.0455. The minimum atomic E-state index is -1.98. The molecule has 0 aliphatic carbocycles. The van der Waals surface area contributed by atoms with Gasteiger partial charge in [0.15, 0.2) is 0 Å². The van der Waals surface area contributed by atoms with E-state index < -0.39 is 169 Å². The van der Waals surface area contributed by atoms with Gasteiger partial charge in [-0.3, -0.25) is 0 Å². The summed E-state index contributed by atoms with van der Waals surface area (Å²) in [5.41, 5.74) is -11.5. The van der Waals surface area contributed by atoms with Gasteiger partial charge in [0, 0.05) is 48.5 Å². The van der Waals surface area contributed by atoms with Crippen LogP contribution in [0.1, 0.15) is 45.2 Å². The molecule has 0 atom stereocenters. The molecular formula is C44H26O20. The van der Waals surface area contributed by atoms with Gasteiger partial charge in [-0.1, -0.05) is 24.3 Å². The fourth-order valence-corrected chi connectivity index (χ4v) is 8.02. The van der Waals surface area contributed by atoms with Gasteiger partial charge < -0.3 is 78.9 Å². The van der Waals surface area contributed by atoms with Crippen molar-refractivity contribution >= 4 is 43.9 Å². The molecule has 4 heterocycles. The van der Waals surface area contributed by atoms with Crippen molar-refractivity contribution in [3.05, 3.63) is 148 Å². The van der Waals surface area contributed by atoms with Crippen LogP contribution in [0, 0.1) is 0 Å².